The number of aromatic nitrogens is 1. The number of anilines is 2. The van der Waals surface area contributed by atoms with Gasteiger partial charge in [0.1, 0.15) is 18.4 Å². The summed E-state index contributed by atoms with van der Waals surface area (Å²) in [5.41, 5.74) is 8.38. The maximum atomic E-state index is 13.5. The fraction of sp³-hybridized carbons (Fsp3) is 0.240. The number of pyridine rings is 1. The van der Waals surface area contributed by atoms with Gasteiger partial charge in [-0.15, -0.1) is 11.8 Å². The fourth-order valence-corrected chi connectivity index (χ4v) is 6.35. The van der Waals surface area contributed by atoms with Crippen molar-refractivity contribution in [2.75, 3.05) is 22.9 Å². The number of nitrogens with one attached hydrogen (secondary N) is 2. The Kier molecular flexibility index (Phi) is 7.92. The lowest BCUT2D eigenvalue weighted by Crippen LogP contribution is -2.51. The van der Waals surface area contributed by atoms with Gasteiger partial charge in [-0.1, -0.05) is 48.5 Å². The number of hydrogen-bond acceptors (Lipinski definition) is 7. The average Bonchev–Trinajstić information content (AvgIpc) is 2.96. The van der Waals surface area contributed by atoms with Crippen molar-refractivity contribution in [3.8, 4) is 0 Å². The molecule has 0 radical (unpaired) electrons. The van der Waals surface area contributed by atoms with Crippen LogP contribution in [0.3, 0.4) is 0 Å². The maximum absolute atomic E-state index is 13.5. The number of nitrogens with zero attached hydrogens (tertiary/aromatic N) is 2. The number of thioether (sulfide) groups is 1. The molecule has 1 atom stereocenters. The summed E-state index contributed by atoms with van der Waals surface area (Å²) in [7, 11) is -3.81. The van der Waals surface area contributed by atoms with Crippen LogP contribution in [0.4, 0.5) is 11.5 Å². The lowest BCUT2D eigenvalue weighted by Gasteiger charge is -2.25. The number of amides is 2. The minimum atomic E-state index is -3.81. The van der Waals surface area contributed by atoms with Crippen LogP contribution in [-0.2, 0) is 31.9 Å². The molecule has 2 aromatic carbocycles. The SMILES string of the molecule is Cc1nc(N)ccc1CNC(=O)CN1C(=O)[C@H](NS(=O)(=O)Cc2ccccc2)CSc2ccccc21. The van der Waals surface area contributed by atoms with E-state index < -0.39 is 22.0 Å². The van der Waals surface area contributed by atoms with Crippen molar-refractivity contribution < 1.29 is 18.0 Å². The third-order valence-electron chi connectivity index (χ3n) is 5.64. The molecular weight excluding hydrogens is 498 g/mol. The lowest BCUT2D eigenvalue weighted by molar-refractivity contribution is -0.124. The summed E-state index contributed by atoms with van der Waals surface area (Å²) in [6, 6.07) is 18.4. The van der Waals surface area contributed by atoms with Gasteiger partial charge in [-0.3, -0.25) is 9.59 Å². The van der Waals surface area contributed by atoms with Gasteiger partial charge in [-0.05, 0) is 36.2 Å². The molecule has 1 aliphatic heterocycles. The van der Waals surface area contributed by atoms with Crippen LogP contribution in [0.5, 0.6) is 0 Å². The van der Waals surface area contributed by atoms with Gasteiger partial charge in [0, 0.05) is 22.9 Å². The predicted molar refractivity (Wildman–Crippen MR) is 141 cm³/mol. The molecule has 0 unspecified atom stereocenters. The Labute approximate surface area is 214 Å². The molecule has 36 heavy (non-hydrogen) atoms. The summed E-state index contributed by atoms with van der Waals surface area (Å²) in [6.45, 7) is 1.77. The van der Waals surface area contributed by atoms with E-state index in [1.165, 1.54) is 16.7 Å². The van der Waals surface area contributed by atoms with Gasteiger partial charge in [-0.2, -0.15) is 0 Å². The fourth-order valence-electron chi connectivity index (χ4n) is 3.84. The number of benzene rings is 2. The van der Waals surface area contributed by atoms with Crippen LogP contribution < -0.4 is 20.7 Å². The second kappa shape index (κ2) is 11.1. The third kappa shape index (κ3) is 6.42. The molecule has 0 spiro atoms. The van der Waals surface area contributed by atoms with Gasteiger partial charge in [0.15, 0.2) is 0 Å². The number of sulfonamides is 1. The standard InChI is InChI=1S/C25H27N5O4S2/c1-17-19(11-12-23(26)28-17)13-27-24(31)14-30-21-9-5-6-10-22(21)35-15-20(25(30)32)29-36(33,34)16-18-7-3-2-4-8-18/h2-12,20,29H,13-16H2,1H3,(H2,26,28)(H,27,31)/t20-/m1/s1. The molecule has 0 saturated heterocycles. The Morgan fingerprint density at radius 2 is 1.83 bits per heavy atom. The Balaban J connectivity index is 1.50. The summed E-state index contributed by atoms with van der Waals surface area (Å²) >= 11 is 1.37. The average molecular weight is 526 g/mol. The van der Waals surface area contributed by atoms with Crippen molar-refractivity contribution in [1.29, 1.82) is 0 Å². The van der Waals surface area contributed by atoms with Crippen molar-refractivity contribution in [1.82, 2.24) is 15.0 Å². The molecule has 2 heterocycles. The van der Waals surface area contributed by atoms with E-state index in [2.05, 4.69) is 15.0 Å². The highest BCUT2D eigenvalue weighted by molar-refractivity contribution is 7.99. The number of hydrogen-bond donors (Lipinski definition) is 3. The van der Waals surface area contributed by atoms with Gasteiger partial charge in [0.05, 0.1) is 11.4 Å². The molecule has 11 heteroatoms. The lowest BCUT2D eigenvalue weighted by atomic mass is 10.2. The monoisotopic (exact) mass is 525 g/mol. The molecule has 9 nitrogen and oxygen atoms in total. The molecule has 188 valence electrons. The summed E-state index contributed by atoms with van der Waals surface area (Å²) in [5, 5.41) is 2.81. The first-order chi connectivity index (χ1) is 17.2. The van der Waals surface area contributed by atoms with Crippen LogP contribution in [0.1, 0.15) is 16.8 Å². The number of aryl methyl sites for hydroxylation is 1. The predicted octanol–water partition coefficient (Wildman–Crippen LogP) is 2.22. The summed E-state index contributed by atoms with van der Waals surface area (Å²) in [6.07, 6.45) is 0. The first-order valence-electron chi connectivity index (χ1n) is 11.3. The van der Waals surface area contributed by atoms with Crippen LogP contribution >= 0.6 is 11.8 Å². The van der Waals surface area contributed by atoms with E-state index in [1.807, 2.05) is 12.1 Å². The van der Waals surface area contributed by atoms with Gasteiger partial charge in [0.2, 0.25) is 21.8 Å². The van der Waals surface area contributed by atoms with Crippen LogP contribution in [0.25, 0.3) is 0 Å². The maximum Gasteiger partial charge on any atom is 0.246 e. The minimum absolute atomic E-state index is 0.207. The van der Waals surface area contributed by atoms with E-state index in [9.17, 15) is 18.0 Å². The smallest absolute Gasteiger partial charge is 0.246 e. The van der Waals surface area contributed by atoms with Crippen molar-refractivity contribution >= 4 is 45.1 Å². The Bertz CT molecular complexity index is 1370. The third-order valence-corrected chi connectivity index (χ3v) is 8.15. The zero-order chi connectivity index (χ0) is 25.7. The molecule has 0 aliphatic carbocycles. The number of fused-ring (bicyclic) bond motifs is 1. The van der Waals surface area contributed by atoms with Crippen molar-refractivity contribution in [3.05, 3.63) is 83.6 Å². The number of carbonyl (C=O) groups excluding carboxylic acids is 2. The molecule has 3 aromatic rings. The number of rotatable bonds is 8. The molecule has 1 aliphatic rings. The Morgan fingerprint density at radius 3 is 2.58 bits per heavy atom. The first-order valence-corrected chi connectivity index (χ1v) is 13.9. The van der Waals surface area contributed by atoms with Crippen LogP contribution in [0.2, 0.25) is 0 Å². The van der Waals surface area contributed by atoms with Crippen LogP contribution in [0, 0.1) is 6.92 Å². The molecular formula is C25H27N5O4S2. The second-order valence-corrected chi connectivity index (χ2v) is 11.2. The van der Waals surface area contributed by atoms with E-state index >= 15 is 0 Å². The topological polar surface area (TPSA) is 134 Å². The van der Waals surface area contributed by atoms with E-state index in [0.717, 1.165) is 10.5 Å². The highest BCUT2D eigenvalue weighted by Crippen LogP contribution is 2.34. The number of para-hydroxylation sites is 1. The molecule has 4 rings (SSSR count). The van der Waals surface area contributed by atoms with Gasteiger partial charge < -0.3 is 16.0 Å². The first kappa shape index (κ1) is 25.7. The molecule has 0 bridgehead atoms. The van der Waals surface area contributed by atoms with Gasteiger partial charge >= 0.3 is 0 Å². The van der Waals surface area contributed by atoms with E-state index in [-0.39, 0.29) is 30.5 Å². The van der Waals surface area contributed by atoms with Crippen LogP contribution in [0.15, 0.2) is 71.6 Å². The summed E-state index contributed by atoms with van der Waals surface area (Å²) in [4.78, 5) is 32.7. The van der Waals surface area contributed by atoms with Crippen molar-refractivity contribution in [2.24, 2.45) is 0 Å². The van der Waals surface area contributed by atoms with E-state index in [0.29, 0.717) is 22.8 Å². The minimum Gasteiger partial charge on any atom is -0.384 e. The van der Waals surface area contributed by atoms with Crippen molar-refractivity contribution in [3.63, 3.8) is 0 Å². The van der Waals surface area contributed by atoms with E-state index in [1.54, 1.807) is 61.5 Å². The normalized spacial score (nSPS) is 15.8. The zero-order valence-corrected chi connectivity index (χ0v) is 21.3. The molecule has 2 amide bonds. The van der Waals surface area contributed by atoms with Crippen LogP contribution in [-0.4, -0.2) is 43.6 Å². The molecule has 1 aromatic heterocycles. The summed E-state index contributed by atoms with van der Waals surface area (Å²) < 4.78 is 28.3. The van der Waals surface area contributed by atoms with Gasteiger partial charge in [-0.25, -0.2) is 18.1 Å². The zero-order valence-electron chi connectivity index (χ0n) is 19.7. The number of carbonyl (C=O) groups is 2. The second-order valence-electron chi connectivity index (χ2n) is 8.38. The molecule has 0 fully saturated rings. The highest BCUT2D eigenvalue weighted by Gasteiger charge is 2.34. The number of nitrogens with two attached hydrogens (primary N) is 1. The molecule has 0 saturated carbocycles. The molecule has 4 N–H and O–H groups in total. The van der Waals surface area contributed by atoms with E-state index in [4.69, 9.17) is 5.73 Å². The Hall–Kier alpha value is -3.41. The Morgan fingerprint density at radius 1 is 1.11 bits per heavy atom. The summed E-state index contributed by atoms with van der Waals surface area (Å²) in [5.74, 6) is -0.507. The number of nitrogen functional groups attached to an aromatic ring is 1. The highest BCUT2D eigenvalue weighted by atomic mass is 32.2. The van der Waals surface area contributed by atoms with Crippen molar-refractivity contribution in [2.45, 2.75) is 30.2 Å². The largest absolute Gasteiger partial charge is 0.384 e. The quantitative estimate of drug-likeness (QED) is 0.410. The van der Waals surface area contributed by atoms with Gasteiger partial charge in [0.25, 0.3) is 0 Å².